The second-order valence-electron chi connectivity index (χ2n) is 6.01. The average Bonchev–Trinajstić information content (AvgIpc) is 2.84. The fourth-order valence-electron chi connectivity index (χ4n) is 2.87. The number of nitrogens with zero attached hydrogens (tertiary/aromatic N) is 2. The Morgan fingerprint density at radius 2 is 1.87 bits per heavy atom. The molecule has 0 aliphatic carbocycles. The van der Waals surface area contributed by atoms with E-state index in [2.05, 4.69) is 36.1 Å². The van der Waals surface area contributed by atoms with Crippen molar-refractivity contribution in [1.29, 1.82) is 0 Å². The van der Waals surface area contributed by atoms with E-state index in [1.165, 1.54) is 22.5 Å². The third kappa shape index (κ3) is 4.34. The van der Waals surface area contributed by atoms with E-state index >= 15 is 0 Å². The summed E-state index contributed by atoms with van der Waals surface area (Å²) in [5, 5.41) is 0. The molecular weight excluding hydrogens is 328 g/mol. The highest BCUT2D eigenvalue weighted by Gasteiger charge is 2.21. The normalized spacial score (nSPS) is 16.3. The van der Waals surface area contributed by atoms with Crippen LogP contribution in [0, 0.1) is 6.92 Å². The van der Waals surface area contributed by atoms with Crippen molar-refractivity contribution in [3.63, 3.8) is 0 Å². The van der Waals surface area contributed by atoms with Crippen molar-refractivity contribution in [2.24, 2.45) is 0 Å². The first kappa shape index (κ1) is 16.5. The minimum atomic E-state index is 0.110. The summed E-state index contributed by atoms with van der Waals surface area (Å²) in [7, 11) is 0. The first-order valence-corrected chi connectivity index (χ1v) is 9.14. The summed E-state index contributed by atoms with van der Waals surface area (Å²) >= 11 is 7.30. The van der Waals surface area contributed by atoms with E-state index < -0.39 is 0 Å². The maximum absolute atomic E-state index is 12.5. The number of thiophene rings is 1. The average molecular weight is 349 g/mol. The first-order chi connectivity index (χ1) is 11.1. The minimum absolute atomic E-state index is 0.110. The quantitative estimate of drug-likeness (QED) is 0.835. The van der Waals surface area contributed by atoms with Crippen molar-refractivity contribution in [3.05, 3.63) is 56.7 Å². The standard InChI is InChI=1S/C18H21ClN2OS/c1-14-3-5-15(6-4-14)13-20-9-2-10-21(12-11-20)18(22)16-7-8-17(19)23-16/h3-8H,2,9-13H2,1H3. The number of carbonyl (C=O) groups excluding carboxylic acids is 1. The SMILES string of the molecule is Cc1ccc(CN2CCCN(C(=O)c3ccc(Cl)s3)CC2)cc1. The zero-order valence-corrected chi connectivity index (χ0v) is 14.9. The lowest BCUT2D eigenvalue weighted by Gasteiger charge is -2.21. The Kier molecular flexibility index (Phi) is 5.36. The van der Waals surface area contributed by atoms with Gasteiger partial charge in [-0.15, -0.1) is 11.3 Å². The molecule has 0 radical (unpaired) electrons. The van der Waals surface area contributed by atoms with E-state index in [9.17, 15) is 4.79 Å². The van der Waals surface area contributed by atoms with Crippen molar-refractivity contribution >= 4 is 28.8 Å². The van der Waals surface area contributed by atoms with Crippen LogP contribution in [0.3, 0.4) is 0 Å². The zero-order valence-electron chi connectivity index (χ0n) is 13.3. The molecule has 0 bridgehead atoms. The van der Waals surface area contributed by atoms with Crippen LogP contribution in [0.25, 0.3) is 0 Å². The Bertz CT molecular complexity index is 668. The molecule has 0 unspecified atom stereocenters. The molecule has 2 heterocycles. The topological polar surface area (TPSA) is 23.6 Å². The minimum Gasteiger partial charge on any atom is -0.337 e. The highest BCUT2D eigenvalue weighted by molar-refractivity contribution is 7.17. The van der Waals surface area contributed by atoms with Crippen LogP contribution in [0.1, 0.15) is 27.2 Å². The largest absolute Gasteiger partial charge is 0.337 e. The molecule has 1 aromatic carbocycles. The van der Waals surface area contributed by atoms with Crippen LogP contribution < -0.4 is 0 Å². The van der Waals surface area contributed by atoms with E-state index in [1.54, 1.807) is 6.07 Å². The molecule has 23 heavy (non-hydrogen) atoms. The molecule has 0 spiro atoms. The molecule has 1 fully saturated rings. The molecule has 0 atom stereocenters. The third-order valence-corrected chi connectivity index (χ3v) is 5.41. The second-order valence-corrected chi connectivity index (χ2v) is 7.73. The predicted molar refractivity (Wildman–Crippen MR) is 96.3 cm³/mol. The molecule has 1 aliphatic heterocycles. The van der Waals surface area contributed by atoms with Gasteiger partial charge in [0, 0.05) is 32.7 Å². The van der Waals surface area contributed by atoms with Crippen molar-refractivity contribution in [2.75, 3.05) is 26.2 Å². The molecule has 1 aliphatic rings. The van der Waals surface area contributed by atoms with Gasteiger partial charge in [0.1, 0.15) is 0 Å². The molecule has 0 N–H and O–H groups in total. The van der Waals surface area contributed by atoms with Gasteiger partial charge in [0.25, 0.3) is 5.91 Å². The van der Waals surface area contributed by atoms with Crippen LogP contribution >= 0.6 is 22.9 Å². The summed E-state index contributed by atoms with van der Waals surface area (Å²) in [5.74, 6) is 0.110. The molecule has 1 saturated heterocycles. The van der Waals surface area contributed by atoms with Gasteiger partial charge in [-0.05, 0) is 31.0 Å². The van der Waals surface area contributed by atoms with Crippen LogP contribution in [0.5, 0.6) is 0 Å². The van der Waals surface area contributed by atoms with Crippen molar-refractivity contribution in [1.82, 2.24) is 9.80 Å². The van der Waals surface area contributed by atoms with E-state index in [0.29, 0.717) is 4.34 Å². The molecule has 3 nitrogen and oxygen atoms in total. The number of hydrogen-bond donors (Lipinski definition) is 0. The fraction of sp³-hybridized carbons (Fsp3) is 0.389. The molecule has 122 valence electrons. The Morgan fingerprint density at radius 1 is 1.09 bits per heavy atom. The van der Waals surface area contributed by atoms with Crippen LogP contribution in [-0.4, -0.2) is 41.9 Å². The van der Waals surface area contributed by atoms with Crippen LogP contribution in [0.2, 0.25) is 4.34 Å². The maximum atomic E-state index is 12.5. The number of aryl methyl sites for hydroxylation is 1. The lowest BCUT2D eigenvalue weighted by atomic mass is 10.1. The number of halogens is 1. The Morgan fingerprint density at radius 3 is 2.57 bits per heavy atom. The summed E-state index contributed by atoms with van der Waals surface area (Å²) in [6.07, 6.45) is 1.01. The third-order valence-electron chi connectivity index (χ3n) is 4.19. The summed E-state index contributed by atoms with van der Waals surface area (Å²) in [5.41, 5.74) is 2.62. The van der Waals surface area contributed by atoms with E-state index in [4.69, 9.17) is 11.6 Å². The van der Waals surface area contributed by atoms with Crippen molar-refractivity contribution in [3.8, 4) is 0 Å². The van der Waals surface area contributed by atoms with Gasteiger partial charge in [0.2, 0.25) is 0 Å². The van der Waals surface area contributed by atoms with Crippen LogP contribution in [0.15, 0.2) is 36.4 Å². The summed E-state index contributed by atoms with van der Waals surface area (Å²) in [6, 6.07) is 12.3. The van der Waals surface area contributed by atoms with Crippen molar-refractivity contribution < 1.29 is 4.79 Å². The molecule has 5 heteroatoms. The number of amides is 1. The van der Waals surface area contributed by atoms with Crippen LogP contribution in [-0.2, 0) is 6.54 Å². The van der Waals surface area contributed by atoms with Gasteiger partial charge in [-0.2, -0.15) is 0 Å². The number of hydrogen-bond acceptors (Lipinski definition) is 3. The Hall–Kier alpha value is -1.36. The van der Waals surface area contributed by atoms with E-state index in [0.717, 1.165) is 44.0 Å². The Balaban J connectivity index is 1.58. The number of rotatable bonds is 3. The van der Waals surface area contributed by atoms with Gasteiger partial charge < -0.3 is 4.90 Å². The lowest BCUT2D eigenvalue weighted by molar-refractivity contribution is 0.0766. The summed E-state index contributed by atoms with van der Waals surface area (Å²) in [6.45, 7) is 6.60. The molecular formula is C18H21ClN2OS. The van der Waals surface area contributed by atoms with Gasteiger partial charge in [-0.25, -0.2) is 0 Å². The zero-order chi connectivity index (χ0) is 16.2. The molecule has 1 aromatic heterocycles. The van der Waals surface area contributed by atoms with Gasteiger partial charge in [-0.3, -0.25) is 9.69 Å². The monoisotopic (exact) mass is 348 g/mol. The highest BCUT2D eigenvalue weighted by Crippen LogP contribution is 2.23. The number of carbonyl (C=O) groups is 1. The molecule has 2 aromatic rings. The smallest absolute Gasteiger partial charge is 0.264 e. The van der Waals surface area contributed by atoms with Gasteiger partial charge in [0.15, 0.2) is 0 Å². The maximum Gasteiger partial charge on any atom is 0.264 e. The Labute approximate surface area is 146 Å². The molecule has 0 saturated carbocycles. The van der Waals surface area contributed by atoms with Gasteiger partial charge in [-0.1, -0.05) is 41.4 Å². The summed E-state index contributed by atoms with van der Waals surface area (Å²) < 4.78 is 0.671. The highest BCUT2D eigenvalue weighted by atomic mass is 35.5. The lowest BCUT2D eigenvalue weighted by Crippen LogP contribution is -2.34. The van der Waals surface area contributed by atoms with E-state index in [-0.39, 0.29) is 5.91 Å². The predicted octanol–water partition coefficient (Wildman–Crippen LogP) is 4.06. The van der Waals surface area contributed by atoms with Crippen LogP contribution in [0.4, 0.5) is 0 Å². The first-order valence-electron chi connectivity index (χ1n) is 7.94. The fourth-order valence-corrected chi connectivity index (χ4v) is 3.88. The number of benzene rings is 1. The summed E-state index contributed by atoms with van der Waals surface area (Å²) in [4.78, 5) is 17.7. The van der Waals surface area contributed by atoms with E-state index in [1.807, 2.05) is 11.0 Å². The van der Waals surface area contributed by atoms with Crippen molar-refractivity contribution in [2.45, 2.75) is 19.9 Å². The molecule has 3 rings (SSSR count). The molecule has 1 amide bonds. The van der Waals surface area contributed by atoms with Gasteiger partial charge in [0.05, 0.1) is 9.21 Å². The second kappa shape index (κ2) is 7.47. The van der Waals surface area contributed by atoms with Gasteiger partial charge >= 0.3 is 0 Å².